The fraction of sp³-hybridized carbons (Fsp3) is 0.174. The quantitative estimate of drug-likeness (QED) is 0.575. The van der Waals surface area contributed by atoms with Crippen molar-refractivity contribution in [1.29, 1.82) is 0 Å². The van der Waals surface area contributed by atoms with E-state index in [1.54, 1.807) is 17.4 Å². The average molecular weight is 390 g/mol. The van der Waals surface area contributed by atoms with Crippen LogP contribution < -0.4 is 10.6 Å². The Morgan fingerprint density at radius 2 is 1.82 bits per heavy atom. The molecule has 0 amide bonds. The van der Waals surface area contributed by atoms with E-state index >= 15 is 0 Å². The van der Waals surface area contributed by atoms with Gasteiger partial charge in [0.15, 0.2) is 5.78 Å². The summed E-state index contributed by atoms with van der Waals surface area (Å²) in [5.74, 6) is -0.00875. The standard InChI is InChI=1S/C23H19FN2OS/c24-16-6-3-5-14(11-16)23-22-19(25-17-7-1-2-8-18(17)26-23)12-15(13-20(22)27)21-9-4-10-28-21/h1-11,15,23,25-26H,12-13H2/t15-,23+/m0/s1. The van der Waals surface area contributed by atoms with Crippen molar-refractivity contribution in [3.8, 4) is 0 Å². The first-order chi connectivity index (χ1) is 13.7. The molecule has 5 heteroatoms. The lowest BCUT2D eigenvalue weighted by Gasteiger charge is -2.29. The number of Topliss-reactive ketones (excluding diaryl/α,β-unsaturated/α-hetero) is 1. The summed E-state index contributed by atoms with van der Waals surface area (Å²) < 4.78 is 13.9. The molecule has 0 bridgehead atoms. The number of hydrogen-bond acceptors (Lipinski definition) is 4. The third-order valence-electron chi connectivity index (χ3n) is 5.44. The van der Waals surface area contributed by atoms with Gasteiger partial charge in [-0.1, -0.05) is 30.3 Å². The zero-order valence-corrected chi connectivity index (χ0v) is 15.9. The van der Waals surface area contributed by atoms with Crippen molar-refractivity contribution in [2.75, 3.05) is 10.6 Å². The number of rotatable bonds is 2. The fourth-order valence-corrected chi connectivity index (χ4v) is 4.98. The van der Waals surface area contributed by atoms with Gasteiger partial charge >= 0.3 is 0 Å². The summed E-state index contributed by atoms with van der Waals surface area (Å²) >= 11 is 1.69. The van der Waals surface area contributed by atoms with Crippen LogP contribution in [0.15, 0.2) is 77.3 Å². The number of allylic oxidation sites excluding steroid dienone is 1. The number of carbonyl (C=O) groups is 1. The minimum absolute atomic E-state index is 0.113. The molecule has 2 heterocycles. The summed E-state index contributed by atoms with van der Waals surface area (Å²) in [6.07, 6.45) is 1.24. The van der Waals surface area contributed by atoms with Crippen LogP contribution in [0.4, 0.5) is 15.8 Å². The topological polar surface area (TPSA) is 41.1 Å². The Morgan fingerprint density at radius 1 is 0.964 bits per heavy atom. The first kappa shape index (κ1) is 17.2. The molecule has 3 aromatic rings. The van der Waals surface area contributed by atoms with E-state index in [2.05, 4.69) is 22.1 Å². The van der Waals surface area contributed by atoms with Crippen LogP contribution in [-0.4, -0.2) is 5.78 Å². The van der Waals surface area contributed by atoms with Crippen LogP contribution in [-0.2, 0) is 4.79 Å². The van der Waals surface area contributed by atoms with E-state index < -0.39 is 0 Å². The summed E-state index contributed by atoms with van der Waals surface area (Å²) in [6, 6.07) is 18.2. The van der Waals surface area contributed by atoms with Crippen LogP contribution in [0.1, 0.15) is 35.2 Å². The van der Waals surface area contributed by atoms with Crippen molar-refractivity contribution in [3.63, 3.8) is 0 Å². The highest BCUT2D eigenvalue weighted by Gasteiger charge is 2.36. The summed E-state index contributed by atoms with van der Waals surface area (Å²) in [6.45, 7) is 0. The van der Waals surface area contributed by atoms with Gasteiger partial charge in [0.25, 0.3) is 0 Å². The fourth-order valence-electron chi connectivity index (χ4n) is 4.15. The van der Waals surface area contributed by atoms with Gasteiger partial charge in [0.1, 0.15) is 5.82 Å². The molecule has 0 spiro atoms. The third kappa shape index (κ3) is 3.02. The predicted octanol–water partition coefficient (Wildman–Crippen LogP) is 5.87. The van der Waals surface area contributed by atoms with Crippen LogP contribution in [0.25, 0.3) is 0 Å². The van der Waals surface area contributed by atoms with E-state index in [0.717, 1.165) is 34.6 Å². The number of nitrogens with one attached hydrogen (secondary N) is 2. The summed E-state index contributed by atoms with van der Waals surface area (Å²) in [4.78, 5) is 14.5. The van der Waals surface area contributed by atoms with Crippen LogP contribution in [0, 0.1) is 5.82 Å². The number of carbonyl (C=O) groups excluding carboxylic acids is 1. The number of para-hydroxylation sites is 2. The van der Waals surface area contributed by atoms with E-state index in [4.69, 9.17) is 0 Å². The first-order valence-electron chi connectivity index (χ1n) is 9.37. The molecule has 0 saturated carbocycles. The number of halogens is 1. The SMILES string of the molecule is O=C1C[C@@H](c2cccs2)CC2=C1[C@@H](c1cccc(F)c1)Nc1ccccc1N2. The van der Waals surface area contributed by atoms with Crippen molar-refractivity contribution in [3.05, 3.63) is 93.6 Å². The highest BCUT2D eigenvalue weighted by atomic mass is 32.1. The van der Waals surface area contributed by atoms with Gasteiger partial charge in [-0.05, 0) is 47.7 Å². The summed E-state index contributed by atoms with van der Waals surface area (Å²) in [7, 11) is 0. The van der Waals surface area contributed by atoms with Crippen LogP contribution in [0.3, 0.4) is 0 Å². The Balaban J connectivity index is 1.64. The number of benzene rings is 2. The van der Waals surface area contributed by atoms with E-state index in [1.807, 2.05) is 36.4 Å². The van der Waals surface area contributed by atoms with E-state index in [0.29, 0.717) is 6.42 Å². The van der Waals surface area contributed by atoms with Crippen LogP contribution >= 0.6 is 11.3 Å². The van der Waals surface area contributed by atoms with Crippen molar-refractivity contribution in [2.24, 2.45) is 0 Å². The largest absolute Gasteiger partial charge is 0.372 e. The van der Waals surface area contributed by atoms with Gasteiger partial charge < -0.3 is 10.6 Å². The molecule has 0 radical (unpaired) electrons. The monoisotopic (exact) mass is 390 g/mol. The zero-order valence-electron chi connectivity index (χ0n) is 15.1. The molecule has 2 N–H and O–H groups in total. The normalized spacial score (nSPS) is 21.2. The van der Waals surface area contributed by atoms with Gasteiger partial charge in [0.05, 0.1) is 17.4 Å². The van der Waals surface area contributed by atoms with E-state index in [-0.39, 0.29) is 23.6 Å². The molecule has 0 saturated heterocycles. The Morgan fingerprint density at radius 3 is 2.61 bits per heavy atom. The minimum atomic E-state index is -0.376. The molecule has 140 valence electrons. The average Bonchev–Trinajstić information content (AvgIpc) is 3.17. The maximum absolute atomic E-state index is 13.9. The molecular weight excluding hydrogens is 371 g/mol. The van der Waals surface area contributed by atoms with E-state index in [1.165, 1.54) is 17.0 Å². The second-order valence-electron chi connectivity index (χ2n) is 7.24. The maximum atomic E-state index is 13.9. The molecule has 28 heavy (non-hydrogen) atoms. The number of fused-ring (bicyclic) bond motifs is 1. The zero-order chi connectivity index (χ0) is 19.1. The molecular formula is C23H19FN2OS. The van der Waals surface area contributed by atoms with Crippen molar-refractivity contribution in [2.45, 2.75) is 24.8 Å². The summed E-state index contributed by atoms with van der Waals surface area (Å²) in [5.41, 5.74) is 4.25. The second-order valence-corrected chi connectivity index (χ2v) is 8.22. The van der Waals surface area contributed by atoms with Gasteiger partial charge in [-0.25, -0.2) is 4.39 Å². The number of hydrogen-bond donors (Lipinski definition) is 2. The molecule has 2 aromatic carbocycles. The Labute approximate surface area is 166 Å². The Hall–Kier alpha value is -2.92. The van der Waals surface area contributed by atoms with Crippen LogP contribution in [0.5, 0.6) is 0 Å². The molecule has 1 aliphatic heterocycles. The smallest absolute Gasteiger partial charge is 0.163 e. The minimum Gasteiger partial charge on any atom is -0.372 e. The Kier molecular flexibility index (Phi) is 4.24. The lowest BCUT2D eigenvalue weighted by Crippen LogP contribution is -2.26. The maximum Gasteiger partial charge on any atom is 0.163 e. The van der Waals surface area contributed by atoms with Gasteiger partial charge in [-0.2, -0.15) is 0 Å². The molecule has 2 atom stereocenters. The highest BCUT2D eigenvalue weighted by molar-refractivity contribution is 7.10. The molecule has 5 rings (SSSR count). The first-order valence-corrected chi connectivity index (χ1v) is 10.2. The lowest BCUT2D eigenvalue weighted by atomic mass is 9.81. The van der Waals surface area contributed by atoms with Gasteiger partial charge in [-0.3, -0.25) is 4.79 Å². The lowest BCUT2D eigenvalue weighted by molar-refractivity contribution is -0.116. The van der Waals surface area contributed by atoms with Crippen molar-refractivity contribution < 1.29 is 9.18 Å². The third-order valence-corrected chi connectivity index (χ3v) is 6.47. The number of ketones is 1. The molecule has 1 aliphatic carbocycles. The summed E-state index contributed by atoms with van der Waals surface area (Å²) in [5, 5.41) is 9.03. The number of anilines is 2. The van der Waals surface area contributed by atoms with Crippen molar-refractivity contribution >= 4 is 28.5 Å². The van der Waals surface area contributed by atoms with E-state index in [9.17, 15) is 9.18 Å². The van der Waals surface area contributed by atoms with Gasteiger partial charge in [0.2, 0.25) is 0 Å². The molecule has 1 aromatic heterocycles. The second kappa shape index (κ2) is 6.91. The highest BCUT2D eigenvalue weighted by Crippen LogP contribution is 2.44. The molecule has 0 fully saturated rings. The predicted molar refractivity (Wildman–Crippen MR) is 111 cm³/mol. The van der Waals surface area contributed by atoms with Gasteiger partial charge in [-0.15, -0.1) is 11.3 Å². The Bertz CT molecular complexity index is 1070. The number of thiophene rings is 1. The molecule has 3 nitrogen and oxygen atoms in total. The van der Waals surface area contributed by atoms with Crippen molar-refractivity contribution in [1.82, 2.24) is 0 Å². The molecule has 0 unspecified atom stereocenters. The molecule has 2 aliphatic rings. The van der Waals surface area contributed by atoms with Gasteiger partial charge in [0, 0.05) is 28.5 Å². The van der Waals surface area contributed by atoms with Crippen LogP contribution in [0.2, 0.25) is 0 Å².